The van der Waals surface area contributed by atoms with E-state index in [1.54, 1.807) is 24.9 Å². The van der Waals surface area contributed by atoms with Crippen LogP contribution in [0.25, 0.3) is 16.7 Å². The largest absolute Gasteiger partial charge is 0.361 e. The Morgan fingerprint density at radius 2 is 2.14 bits per heavy atom. The number of amides is 1. The Morgan fingerprint density at radius 1 is 1.21 bits per heavy atom. The number of hydrogen-bond acceptors (Lipinski definition) is 4. The quantitative estimate of drug-likeness (QED) is 0.597. The highest BCUT2D eigenvalue weighted by molar-refractivity contribution is 5.89. The highest BCUT2D eigenvalue weighted by atomic mass is 16.2. The van der Waals surface area contributed by atoms with Gasteiger partial charge in [-0.3, -0.25) is 14.3 Å². The molecule has 140 valence electrons. The number of rotatable bonds is 4. The highest BCUT2D eigenvalue weighted by Crippen LogP contribution is 2.32. The fraction of sp³-hybridized carbons (Fsp3) is 0.238. The number of hydrogen-bond donors (Lipinski definition) is 1. The van der Waals surface area contributed by atoms with Crippen LogP contribution in [0, 0.1) is 0 Å². The van der Waals surface area contributed by atoms with Crippen molar-refractivity contribution in [1.82, 2.24) is 29.4 Å². The molecule has 0 radical (unpaired) electrons. The molecule has 1 saturated heterocycles. The zero-order valence-corrected chi connectivity index (χ0v) is 15.3. The average Bonchev–Trinajstić information content (AvgIpc) is 3.49. The molecule has 4 heterocycles. The first-order valence-corrected chi connectivity index (χ1v) is 9.44. The molecule has 0 aliphatic carbocycles. The first-order valence-electron chi connectivity index (χ1n) is 9.44. The van der Waals surface area contributed by atoms with Crippen molar-refractivity contribution < 1.29 is 4.79 Å². The monoisotopic (exact) mass is 372 g/mol. The fourth-order valence-electron chi connectivity index (χ4n) is 3.96. The van der Waals surface area contributed by atoms with Gasteiger partial charge >= 0.3 is 0 Å². The number of nitrogens with one attached hydrogen (secondary N) is 1. The maximum Gasteiger partial charge on any atom is 0.227 e. The van der Waals surface area contributed by atoms with Gasteiger partial charge in [-0.15, -0.1) is 0 Å². The smallest absolute Gasteiger partial charge is 0.227 e. The molecule has 3 aromatic heterocycles. The van der Waals surface area contributed by atoms with Gasteiger partial charge in [0.2, 0.25) is 5.91 Å². The van der Waals surface area contributed by atoms with Crippen LogP contribution in [0.3, 0.4) is 0 Å². The van der Waals surface area contributed by atoms with Crippen molar-refractivity contribution in [2.24, 2.45) is 0 Å². The number of imidazole rings is 1. The van der Waals surface area contributed by atoms with Gasteiger partial charge in [-0.1, -0.05) is 18.2 Å². The van der Waals surface area contributed by atoms with E-state index in [1.807, 2.05) is 40.1 Å². The van der Waals surface area contributed by atoms with E-state index < -0.39 is 0 Å². The van der Waals surface area contributed by atoms with Gasteiger partial charge in [0.1, 0.15) is 6.33 Å². The number of nitrogens with zero attached hydrogens (tertiary/aromatic N) is 5. The van der Waals surface area contributed by atoms with E-state index in [1.165, 1.54) is 0 Å². The predicted molar refractivity (Wildman–Crippen MR) is 105 cm³/mol. The van der Waals surface area contributed by atoms with Crippen molar-refractivity contribution in [3.8, 4) is 5.82 Å². The molecule has 1 atom stereocenters. The summed E-state index contributed by atoms with van der Waals surface area (Å²) in [4.78, 5) is 31.4. The van der Waals surface area contributed by atoms with E-state index in [4.69, 9.17) is 4.98 Å². The summed E-state index contributed by atoms with van der Waals surface area (Å²) in [5.41, 5.74) is 2.92. The van der Waals surface area contributed by atoms with E-state index in [-0.39, 0.29) is 11.9 Å². The SMILES string of the molecule is O=C(Cc1c[nH]c2ccccc12)N1CCCC1c1cncc(-n2ccnc2)n1. The Balaban J connectivity index is 1.39. The van der Waals surface area contributed by atoms with Crippen LogP contribution in [0.2, 0.25) is 0 Å². The lowest BCUT2D eigenvalue weighted by Gasteiger charge is -2.24. The van der Waals surface area contributed by atoms with Gasteiger partial charge in [0.25, 0.3) is 0 Å². The molecule has 7 nitrogen and oxygen atoms in total. The van der Waals surface area contributed by atoms with Gasteiger partial charge in [-0.25, -0.2) is 9.97 Å². The summed E-state index contributed by atoms with van der Waals surface area (Å²) < 4.78 is 1.82. The number of fused-ring (bicyclic) bond motifs is 1. The van der Waals surface area contributed by atoms with E-state index in [2.05, 4.69) is 21.0 Å². The van der Waals surface area contributed by atoms with Crippen LogP contribution in [-0.2, 0) is 11.2 Å². The first-order chi connectivity index (χ1) is 13.8. The maximum atomic E-state index is 13.1. The third-order valence-electron chi connectivity index (χ3n) is 5.34. The molecule has 1 aliphatic heterocycles. The summed E-state index contributed by atoms with van der Waals surface area (Å²) in [5.74, 6) is 0.841. The van der Waals surface area contributed by atoms with Crippen LogP contribution in [0.5, 0.6) is 0 Å². The Bertz CT molecular complexity index is 1120. The average molecular weight is 372 g/mol. The number of para-hydroxylation sites is 1. The number of carbonyl (C=O) groups is 1. The van der Waals surface area contributed by atoms with Crippen LogP contribution in [0.4, 0.5) is 0 Å². The van der Waals surface area contributed by atoms with E-state index in [0.29, 0.717) is 12.2 Å². The maximum absolute atomic E-state index is 13.1. The van der Waals surface area contributed by atoms with Gasteiger partial charge in [0.05, 0.1) is 30.6 Å². The minimum atomic E-state index is -0.0336. The Hall–Kier alpha value is -3.48. The second-order valence-electron chi connectivity index (χ2n) is 7.05. The summed E-state index contributed by atoms with van der Waals surface area (Å²) in [6.07, 6.45) is 12.9. The molecule has 5 rings (SSSR count). The number of aromatic amines is 1. The molecule has 7 heteroatoms. The Labute approximate surface area is 162 Å². The van der Waals surface area contributed by atoms with Crippen molar-refractivity contribution in [1.29, 1.82) is 0 Å². The molecular formula is C21H20N6O. The second kappa shape index (κ2) is 6.92. The van der Waals surface area contributed by atoms with Gasteiger partial charge in [0.15, 0.2) is 5.82 Å². The first kappa shape index (κ1) is 16.7. The van der Waals surface area contributed by atoms with Gasteiger partial charge in [-0.05, 0) is 24.5 Å². The van der Waals surface area contributed by atoms with Gasteiger partial charge in [0, 0.05) is 36.0 Å². The van der Waals surface area contributed by atoms with Crippen LogP contribution >= 0.6 is 0 Å². The predicted octanol–water partition coefficient (Wildman–Crippen LogP) is 3.05. The lowest BCUT2D eigenvalue weighted by Crippen LogP contribution is -2.32. The normalized spacial score (nSPS) is 16.7. The van der Waals surface area contributed by atoms with Crippen LogP contribution in [-0.4, -0.2) is 41.9 Å². The van der Waals surface area contributed by atoms with E-state index in [0.717, 1.165) is 41.5 Å². The minimum Gasteiger partial charge on any atom is -0.361 e. The number of carbonyl (C=O) groups excluding carboxylic acids is 1. The molecule has 4 aromatic rings. The number of benzene rings is 1. The Morgan fingerprint density at radius 3 is 3.04 bits per heavy atom. The molecule has 1 aromatic carbocycles. The van der Waals surface area contributed by atoms with Crippen LogP contribution in [0.1, 0.15) is 30.1 Å². The second-order valence-corrected chi connectivity index (χ2v) is 7.05. The minimum absolute atomic E-state index is 0.0336. The van der Waals surface area contributed by atoms with Crippen molar-refractivity contribution in [2.75, 3.05) is 6.54 Å². The molecule has 1 amide bonds. The molecule has 0 saturated carbocycles. The molecule has 0 spiro atoms. The highest BCUT2D eigenvalue weighted by Gasteiger charge is 2.31. The van der Waals surface area contributed by atoms with Gasteiger partial charge in [-0.2, -0.15) is 0 Å². The van der Waals surface area contributed by atoms with Crippen LogP contribution < -0.4 is 0 Å². The number of H-pyrrole nitrogens is 1. The van der Waals surface area contributed by atoms with Crippen LogP contribution in [0.15, 0.2) is 61.6 Å². The molecule has 1 N–H and O–H groups in total. The third kappa shape index (κ3) is 2.94. The summed E-state index contributed by atoms with van der Waals surface area (Å²) in [6, 6.07) is 8.04. The number of aromatic nitrogens is 5. The fourth-order valence-corrected chi connectivity index (χ4v) is 3.96. The Kier molecular flexibility index (Phi) is 4.12. The molecule has 1 fully saturated rings. The molecule has 1 aliphatic rings. The lowest BCUT2D eigenvalue weighted by molar-refractivity contribution is -0.131. The van der Waals surface area contributed by atoms with E-state index >= 15 is 0 Å². The van der Waals surface area contributed by atoms with Crippen molar-refractivity contribution in [3.05, 3.63) is 72.8 Å². The summed E-state index contributed by atoms with van der Waals surface area (Å²) in [6.45, 7) is 0.753. The molecule has 0 bridgehead atoms. The summed E-state index contributed by atoms with van der Waals surface area (Å²) in [5, 5.41) is 1.11. The molecule has 1 unspecified atom stereocenters. The van der Waals surface area contributed by atoms with Gasteiger partial charge < -0.3 is 9.88 Å². The zero-order chi connectivity index (χ0) is 18.9. The van der Waals surface area contributed by atoms with Crippen molar-refractivity contribution >= 4 is 16.8 Å². The standard InChI is InChI=1S/C21H20N6O/c28-21(10-15-11-24-17-5-2-1-4-16(15)17)27-8-3-6-19(27)18-12-23-13-20(25-18)26-9-7-22-14-26/h1-2,4-5,7,9,11-14,19,24H,3,6,8,10H2. The zero-order valence-electron chi connectivity index (χ0n) is 15.3. The third-order valence-corrected chi connectivity index (χ3v) is 5.34. The summed E-state index contributed by atoms with van der Waals surface area (Å²) in [7, 11) is 0. The van der Waals surface area contributed by atoms with Crippen molar-refractivity contribution in [2.45, 2.75) is 25.3 Å². The topological polar surface area (TPSA) is 79.7 Å². The molecule has 28 heavy (non-hydrogen) atoms. The van der Waals surface area contributed by atoms with Crippen molar-refractivity contribution in [3.63, 3.8) is 0 Å². The summed E-state index contributed by atoms with van der Waals surface area (Å²) >= 11 is 0. The van der Waals surface area contributed by atoms with E-state index in [9.17, 15) is 4.79 Å². The lowest BCUT2D eigenvalue weighted by atomic mass is 10.1. The number of likely N-dealkylation sites (tertiary alicyclic amines) is 1. The molecular weight excluding hydrogens is 352 g/mol.